The van der Waals surface area contributed by atoms with Gasteiger partial charge in [0.1, 0.15) is 16.7 Å². The second-order valence-corrected chi connectivity index (χ2v) is 7.59. The highest BCUT2D eigenvalue weighted by atomic mass is 32.2. The largest absolute Gasteiger partial charge is 0.454 e. The molecule has 0 saturated carbocycles. The summed E-state index contributed by atoms with van der Waals surface area (Å²) in [5.74, 6) is 1.66. The molecule has 0 spiro atoms. The van der Waals surface area contributed by atoms with Crippen molar-refractivity contribution in [2.75, 3.05) is 23.2 Å². The number of halogens is 1. The van der Waals surface area contributed by atoms with E-state index in [0.717, 1.165) is 17.1 Å². The van der Waals surface area contributed by atoms with Gasteiger partial charge in [0.05, 0.1) is 5.75 Å². The topological polar surface area (TPSA) is 85.4 Å². The number of aromatic nitrogens is 2. The highest BCUT2D eigenvalue weighted by Crippen LogP contribution is 2.32. The maximum Gasteiger partial charge on any atom is 0.234 e. The summed E-state index contributed by atoms with van der Waals surface area (Å²) in [5, 5.41) is 14.7. The van der Waals surface area contributed by atoms with E-state index < -0.39 is 0 Å². The number of ether oxygens (including phenoxy) is 2. The Kier molecular flexibility index (Phi) is 5.99. The normalized spacial score (nSPS) is 11.9. The Morgan fingerprint density at radius 2 is 1.97 bits per heavy atom. The fraction of sp³-hybridized carbons (Fsp3) is 0.190. The Morgan fingerprint density at radius 3 is 2.77 bits per heavy atom. The molecule has 0 bridgehead atoms. The summed E-state index contributed by atoms with van der Waals surface area (Å²) in [7, 11) is 0. The minimum atomic E-state index is -0.352. The van der Waals surface area contributed by atoms with Crippen molar-refractivity contribution >= 4 is 29.2 Å². The van der Waals surface area contributed by atoms with Crippen molar-refractivity contribution < 1.29 is 18.7 Å². The van der Waals surface area contributed by atoms with Crippen LogP contribution in [0, 0.1) is 12.7 Å². The fourth-order valence-electron chi connectivity index (χ4n) is 2.74. The van der Waals surface area contributed by atoms with Gasteiger partial charge in [-0.15, -0.1) is 10.2 Å². The summed E-state index contributed by atoms with van der Waals surface area (Å²) >= 11 is 1.25. The van der Waals surface area contributed by atoms with Gasteiger partial charge in [0.2, 0.25) is 12.7 Å². The van der Waals surface area contributed by atoms with Crippen LogP contribution < -0.4 is 20.1 Å². The lowest BCUT2D eigenvalue weighted by Gasteiger charge is -2.07. The van der Waals surface area contributed by atoms with E-state index >= 15 is 0 Å². The molecule has 30 heavy (non-hydrogen) atoms. The Morgan fingerprint density at radius 1 is 1.10 bits per heavy atom. The molecule has 3 aromatic rings. The Balaban J connectivity index is 1.25. The van der Waals surface area contributed by atoms with Gasteiger partial charge in [-0.3, -0.25) is 4.79 Å². The minimum Gasteiger partial charge on any atom is -0.454 e. The van der Waals surface area contributed by atoms with Crippen LogP contribution in [-0.2, 0) is 11.3 Å². The number of fused-ring (bicyclic) bond motifs is 1. The number of nitrogens with one attached hydrogen (secondary N) is 2. The van der Waals surface area contributed by atoms with E-state index in [1.165, 1.54) is 17.8 Å². The average Bonchev–Trinajstić information content (AvgIpc) is 3.22. The van der Waals surface area contributed by atoms with E-state index in [1.54, 1.807) is 31.2 Å². The highest BCUT2D eigenvalue weighted by molar-refractivity contribution is 7.99. The van der Waals surface area contributed by atoms with Crippen LogP contribution in [0.5, 0.6) is 11.5 Å². The second-order valence-electron chi connectivity index (χ2n) is 6.60. The number of rotatable bonds is 7. The SMILES string of the molecule is Cc1ccc(NC(=O)CSc2ccc(NCc3ccc4c(c3)OCO4)nn2)cc1F. The molecule has 2 N–H and O–H groups in total. The van der Waals surface area contributed by atoms with Crippen LogP contribution in [0.1, 0.15) is 11.1 Å². The lowest BCUT2D eigenvalue weighted by molar-refractivity contribution is -0.113. The van der Waals surface area contributed by atoms with Gasteiger partial charge in [-0.1, -0.05) is 23.9 Å². The molecule has 0 saturated heterocycles. The third kappa shape index (κ3) is 4.98. The van der Waals surface area contributed by atoms with Crippen LogP contribution in [0.2, 0.25) is 0 Å². The lowest BCUT2D eigenvalue weighted by Crippen LogP contribution is -2.14. The zero-order valence-electron chi connectivity index (χ0n) is 16.1. The molecule has 0 aliphatic carbocycles. The number of benzene rings is 2. The summed E-state index contributed by atoms with van der Waals surface area (Å²) in [6.45, 7) is 2.48. The van der Waals surface area contributed by atoms with Crippen LogP contribution in [0.4, 0.5) is 15.9 Å². The number of carbonyl (C=O) groups excluding carboxylic acids is 1. The first-order valence-electron chi connectivity index (χ1n) is 9.22. The molecule has 7 nitrogen and oxygen atoms in total. The standard InChI is InChI=1S/C21H19FN4O3S/c1-13-2-4-15(9-16(13)22)24-20(27)11-30-21-7-6-19(25-26-21)23-10-14-3-5-17-18(8-14)29-12-28-17/h2-9H,10-12H2,1H3,(H,23,25)(H,24,27). The van der Waals surface area contributed by atoms with Crippen molar-refractivity contribution in [2.24, 2.45) is 0 Å². The predicted octanol–water partition coefficient (Wildman–Crippen LogP) is 4.00. The van der Waals surface area contributed by atoms with Crippen LogP contribution >= 0.6 is 11.8 Å². The van der Waals surface area contributed by atoms with E-state index in [2.05, 4.69) is 20.8 Å². The number of nitrogens with zero attached hydrogens (tertiary/aromatic N) is 2. The maximum atomic E-state index is 13.6. The van der Waals surface area contributed by atoms with Crippen molar-refractivity contribution in [3.63, 3.8) is 0 Å². The van der Waals surface area contributed by atoms with Gasteiger partial charge in [-0.2, -0.15) is 0 Å². The Bertz CT molecular complexity index is 1060. The summed E-state index contributed by atoms with van der Waals surface area (Å²) < 4.78 is 24.2. The van der Waals surface area contributed by atoms with Gasteiger partial charge in [0, 0.05) is 12.2 Å². The number of anilines is 2. The van der Waals surface area contributed by atoms with Gasteiger partial charge in [0.25, 0.3) is 0 Å². The van der Waals surface area contributed by atoms with Gasteiger partial charge in [-0.25, -0.2) is 4.39 Å². The maximum absolute atomic E-state index is 13.6. The van der Waals surface area contributed by atoms with Gasteiger partial charge in [-0.05, 0) is 54.4 Å². The molecule has 0 unspecified atom stereocenters. The molecular formula is C21H19FN4O3S. The molecule has 9 heteroatoms. The Labute approximate surface area is 177 Å². The van der Waals surface area contributed by atoms with Crippen LogP contribution in [0.15, 0.2) is 53.6 Å². The van der Waals surface area contributed by atoms with Crippen molar-refractivity contribution in [3.8, 4) is 11.5 Å². The monoisotopic (exact) mass is 426 g/mol. The molecule has 2 aromatic carbocycles. The first-order valence-corrected chi connectivity index (χ1v) is 10.2. The van der Waals surface area contributed by atoms with Crippen molar-refractivity contribution in [1.82, 2.24) is 10.2 Å². The lowest BCUT2D eigenvalue weighted by atomic mass is 10.2. The summed E-state index contributed by atoms with van der Waals surface area (Å²) in [6, 6.07) is 13.9. The molecule has 4 rings (SSSR count). The van der Waals surface area contributed by atoms with Crippen molar-refractivity contribution in [1.29, 1.82) is 0 Å². The predicted molar refractivity (Wildman–Crippen MR) is 112 cm³/mol. The number of carbonyl (C=O) groups is 1. The first-order chi connectivity index (χ1) is 14.6. The first kappa shape index (κ1) is 20.0. The number of aryl methyl sites for hydroxylation is 1. The van der Waals surface area contributed by atoms with Gasteiger partial charge < -0.3 is 20.1 Å². The molecule has 0 radical (unpaired) electrons. The van der Waals surface area contributed by atoms with Crippen LogP contribution in [-0.4, -0.2) is 28.7 Å². The zero-order chi connectivity index (χ0) is 20.9. The summed E-state index contributed by atoms with van der Waals surface area (Å²) in [6.07, 6.45) is 0. The highest BCUT2D eigenvalue weighted by Gasteiger charge is 2.13. The number of hydrogen-bond acceptors (Lipinski definition) is 7. The van der Waals surface area contributed by atoms with E-state index in [4.69, 9.17) is 9.47 Å². The van der Waals surface area contributed by atoms with E-state index in [1.807, 2.05) is 18.2 Å². The Hall–Kier alpha value is -3.33. The average molecular weight is 426 g/mol. The fourth-order valence-corrected chi connectivity index (χ4v) is 3.36. The molecule has 1 aromatic heterocycles. The van der Waals surface area contributed by atoms with Gasteiger partial charge >= 0.3 is 0 Å². The van der Waals surface area contributed by atoms with Crippen molar-refractivity contribution in [3.05, 3.63) is 65.5 Å². The quantitative estimate of drug-likeness (QED) is 0.553. The smallest absolute Gasteiger partial charge is 0.234 e. The molecule has 0 fully saturated rings. The molecule has 0 atom stereocenters. The minimum absolute atomic E-state index is 0.147. The molecular weight excluding hydrogens is 407 g/mol. The molecule has 1 aliphatic heterocycles. The van der Waals surface area contributed by atoms with Crippen LogP contribution in [0.25, 0.3) is 0 Å². The van der Waals surface area contributed by atoms with E-state index in [0.29, 0.717) is 28.6 Å². The van der Waals surface area contributed by atoms with E-state index in [9.17, 15) is 9.18 Å². The zero-order valence-corrected chi connectivity index (χ0v) is 17.0. The number of hydrogen-bond donors (Lipinski definition) is 2. The molecule has 154 valence electrons. The third-order valence-electron chi connectivity index (χ3n) is 4.36. The van der Waals surface area contributed by atoms with Crippen molar-refractivity contribution in [2.45, 2.75) is 18.5 Å². The number of thioether (sulfide) groups is 1. The molecule has 1 amide bonds. The summed E-state index contributed by atoms with van der Waals surface area (Å²) in [5.41, 5.74) is 1.99. The van der Waals surface area contributed by atoms with Gasteiger partial charge in [0.15, 0.2) is 11.5 Å². The molecule has 2 heterocycles. The van der Waals surface area contributed by atoms with E-state index in [-0.39, 0.29) is 24.3 Å². The molecule has 1 aliphatic rings. The number of amides is 1. The van der Waals surface area contributed by atoms with Crippen LogP contribution in [0.3, 0.4) is 0 Å². The summed E-state index contributed by atoms with van der Waals surface area (Å²) in [4.78, 5) is 12.1. The second kappa shape index (κ2) is 9.00. The third-order valence-corrected chi connectivity index (χ3v) is 5.28.